The molecule has 2 bridgehead atoms. The van der Waals surface area contributed by atoms with Crippen LogP contribution in [0.5, 0.6) is 0 Å². The Morgan fingerprint density at radius 1 is 1.27 bits per heavy atom. The van der Waals surface area contributed by atoms with Crippen molar-refractivity contribution >= 4 is 0 Å². The van der Waals surface area contributed by atoms with E-state index in [1.807, 2.05) is 0 Å². The summed E-state index contributed by atoms with van der Waals surface area (Å²) in [7, 11) is 0. The van der Waals surface area contributed by atoms with Crippen molar-refractivity contribution in [3.63, 3.8) is 0 Å². The van der Waals surface area contributed by atoms with E-state index in [-0.39, 0.29) is 0 Å². The Morgan fingerprint density at radius 2 is 2.00 bits per heavy atom. The lowest BCUT2D eigenvalue weighted by Crippen LogP contribution is -2.30. The lowest BCUT2D eigenvalue weighted by Gasteiger charge is -2.38. The Labute approximate surface area is 94.1 Å². The maximum Gasteiger partial charge on any atom is -0.0146 e. The largest absolute Gasteiger partial charge is 0.0996 e. The van der Waals surface area contributed by atoms with Crippen molar-refractivity contribution < 1.29 is 0 Å². The Balaban J connectivity index is 2.08. The van der Waals surface area contributed by atoms with Gasteiger partial charge in [-0.25, -0.2) is 0 Å². The predicted molar refractivity (Wildman–Crippen MR) is 64.6 cm³/mol. The molecule has 0 aromatic rings. The molecule has 84 valence electrons. The summed E-state index contributed by atoms with van der Waals surface area (Å²) >= 11 is 0. The number of fused-ring (bicyclic) bond motifs is 1. The molecule has 0 aromatic heterocycles. The summed E-state index contributed by atoms with van der Waals surface area (Å²) in [6, 6.07) is 0. The van der Waals surface area contributed by atoms with Crippen molar-refractivity contribution in [3.05, 3.63) is 12.2 Å². The Bertz CT molecular complexity index is 312. The second-order valence-corrected chi connectivity index (χ2v) is 7.00. The smallest absolute Gasteiger partial charge is 0.0146 e. The van der Waals surface area contributed by atoms with Crippen LogP contribution in [0.15, 0.2) is 12.2 Å². The Hall–Kier alpha value is -0.260. The third kappa shape index (κ3) is 0.990. The van der Waals surface area contributed by atoms with Crippen molar-refractivity contribution in [1.82, 2.24) is 0 Å². The van der Waals surface area contributed by atoms with E-state index in [1.54, 1.807) is 5.57 Å². The van der Waals surface area contributed by atoms with Crippen molar-refractivity contribution in [1.29, 1.82) is 0 Å². The van der Waals surface area contributed by atoms with Crippen LogP contribution in [-0.2, 0) is 0 Å². The van der Waals surface area contributed by atoms with Crippen LogP contribution < -0.4 is 0 Å². The maximum absolute atomic E-state index is 4.34. The fourth-order valence-corrected chi connectivity index (χ4v) is 5.44. The van der Waals surface area contributed by atoms with Crippen LogP contribution in [0.2, 0.25) is 0 Å². The van der Waals surface area contributed by atoms with Gasteiger partial charge in [0.2, 0.25) is 0 Å². The first-order valence-electron chi connectivity index (χ1n) is 6.66. The fourth-order valence-electron chi connectivity index (χ4n) is 5.44. The number of rotatable bonds is 0. The van der Waals surface area contributed by atoms with Gasteiger partial charge >= 0.3 is 0 Å². The van der Waals surface area contributed by atoms with Gasteiger partial charge in [-0.3, -0.25) is 0 Å². The zero-order valence-corrected chi connectivity index (χ0v) is 10.5. The van der Waals surface area contributed by atoms with Crippen LogP contribution in [0, 0.1) is 28.6 Å². The molecule has 3 aliphatic carbocycles. The van der Waals surface area contributed by atoms with Gasteiger partial charge in [-0.05, 0) is 60.7 Å². The quantitative estimate of drug-likeness (QED) is 0.513. The minimum absolute atomic E-state index is 0.540. The monoisotopic (exact) mass is 204 g/mol. The SMILES string of the molecule is C=C1CC[C@@]23C[C@H]1C(C)(C)C2CC[C@H]3C. The van der Waals surface area contributed by atoms with Crippen molar-refractivity contribution in [2.24, 2.45) is 28.6 Å². The van der Waals surface area contributed by atoms with Crippen LogP contribution in [0.3, 0.4) is 0 Å². The second-order valence-electron chi connectivity index (χ2n) is 7.00. The predicted octanol–water partition coefficient (Wildman–Crippen LogP) is 4.42. The summed E-state index contributed by atoms with van der Waals surface area (Å²) in [6.45, 7) is 11.9. The summed E-state index contributed by atoms with van der Waals surface area (Å²) in [5, 5.41) is 0. The number of hydrogen-bond acceptors (Lipinski definition) is 0. The molecule has 4 atom stereocenters. The first-order chi connectivity index (χ1) is 6.98. The van der Waals surface area contributed by atoms with Gasteiger partial charge in [0.25, 0.3) is 0 Å². The van der Waals surface area contributed by atoms with Gasteiger partial charge < -0.3 is 0 Å². The third-order valence-electron chi connectivity index (χ3n) is 6.35. The summed E-state index contributed by atoms with van der Waals surface area (Å²) in [4.78, 5) is 0. The zero-order valence-electron chi connectivity index (χ0n) is 10.5. The molecule has 3 rings (SSSR count). The van der Waals surface area contributed by atoms with Crippen LogP contribution in [0.1, 0.15) is 52.9 Å². The second kappa shape index (κ2) is 2.70. The molecule has 0 heteroatoms. The lowest BCUT2D eigenvalue weighted by molar-refractivity contribution is 0.118. The Morgan fingerprint density at radius 3 is 2.73 bits per heavy atom. The lowest BCUT2D eigenvalue weighted by atomic mass is 9.67. The highest BCUT2D eigenvalue weighted by Crippen LogP contribution is 2.72. The molecule has 0 nitrogen and oxygen atoms in total. The molecule has 1 unspecified atom stereocenters. The molecule has 0 aromatic carbocycles. The molecular weight excluding hydrogens is 180 g/mol. The molecule has 0 radical (unpaired) electrons. The van der Waals surface area contributed by atoms with Crippen LogP contribution >= 0.6 is 0 Å². The fraction of sp³-hybridized carbons (Fsp3) is 0.867. The summed E-state index contributed by atoms with van der Waals surface area (Å²) in [5.41, 5.74) is 2.82. The van der Waals surface area contributed by atoms with Crippen molar-refractivity contribution in [2.45, 2.75) is 52.9 Å². The molecule has 1 spiro atoms. The van der Waals surface area contributed by atoms with E-state index in [4.69, 9.17) is 0 Å². The average molecular weight is 204 g/mol. The van der Waals surface area contributed by atoms with E-state index < -0.39 is 0 Å². The molecule has 0 N–H and O–H groups in total. The molecule has 15 heavy (non-hydrogen) atoms. The van der Waals surface area contributed by atoms with Gasteiger partial charge in [0.1, 0.15) is 0 Å². The van der Waals surface area contributed by atoms with Gasteiger partial charge in [-0.2, -0.15) is 0 Å². The number of hydrogen-bond donors (Lipinski definition) is 0. The first-order valence-corrected chi connectivity index (χ1v) is 6.66. The van der Waals surface area contributed by atoms with E-state index in [9.17, 15) is 0 Å². The van der Waals surface area contributed by atoms with Gasteiger partial charge in [-0.15, -0.1) is 0 Å². The van der Waals surface area contributed by atoms with Crippen molar-refractivity contribution in [3.8, 4) is 0 Å². The molecular formula is C15H24. The van der Waals surface area contributed by atoms with E-state index in [0.717, 1.165) is 23.2 Å². The molecule has 0 aliphatic heterocycles. The van der Waals surface area contributed by atoms with Gasteiger partial charge in [-0.1, -0.05) is 32.9 Å². The highest BCUT2D eigenvalue weighted by molar-refractivity contribution is 5.23. The highest BCUT2D eigenvalue weighted by atomic mass is 14.7. The van der Waals surface area contributed by atoms with Crippen molar-refractivity contribution in [2.75, 3.05) is 0 Å². The maximum atomic E-state index is 4.34. The molecule has 0 amide bonds. The first kappa shape index (κ1) is 9.93. The summed E-state index contributed by atoms with van der Waals surface area (Å²) < 4.78 is 0. The normalized spacial score (nSPS) is 51.9. The minimum atomic E-state index is 0.540. The summed E-state index contributed by atoms with van der Waals surface area (Å²) in [5.74, 6) is 2.79. The minimum Gasteiger partial charge on any atom is -0.0996 e. The molecule has 3 saturated carbocycles. The zero-order chi connectivity index (χ0) is 10.8. The van der Waals surface area contributed by atoms with E-state index >= 15 is 0 Å². The molecule has 3 fully saturated rings. The van der Waals surface area contributed by atoms with Gasteiger partial charge in [0.05, 0.1) is 0 Å². The Kier molecular flexibility index (Phi) is 1.79. The van der Waals surface area contributed by atoms with Gasteiger partial charge in [0.15, 0.2) is 0 Å². The molecule has 0 saturated heterocycles. The molecule has 3 aliphatic rings. The molecule has 0 heterocycles. The van der Waals surface area contributed by atoms with Crippen LogP contribution in [-0.4, -0.2) is 0 Å². The van der Waals surface area contributed by atoms with Gasteiger partial charge in [0, 0.05) is 0 Å². The third-order valence-corrected chi connectivity index (χ3v) is 6.35. The van der Waals surface area contributed by atoms with Crippen LogP contribution in [0.4, 0.5) is 0 Å². The average Bonchev–Trinajstić information content (AvgIpc) is 2.57. The highest BCUT2D eigenvalue weighted by Gasteiger charge is 2.63. The summed E-state index contributed by atoms with van der Waals surface area (Å²) in [6.07, 6.45) is 7.18. The van der Waals surface area contributed by atoms with Crippen LogP contribution in [0.25, 0.3) is 0 Å². The number of allylic oxidation sites excluding steroid dienone is 1. The van der Waals surface area contributed by atoms with E-state index in [1.165, 1.54) is 32.1 Å². The van der Waals surface area contributed by atoms with E-state index in [2.05, 4.69) is 27.4 Å². The topological polar surface area (TPSA) is 0 Å². The standard InChI is InChI=1S/C15H24/c1-10-7-8-15-9-12(10)14(3,4)13(15)6-5-11(15)2/h11-13H,1,5-9H2,2-4H3/t11-,12-,13?,15+/m1/s1. The van der Waals surface area contributed by atoms with E-state index in [0.29, 0.717) is 5.41 Å².